The molecule has 0 aliphatic heterocycles. The summed E-state index contributed by atoms with van der Waals surface area (Å²) in [5.74, 6) is -0.0198. The molecule has 0 aliphatic rings. The molecule has 0 unspecified atom stereocenters. The number of pyridine rings is 1. The molecule has 0 saturated heterocycles. The number of nitrogens with zero attached hydrogens (tertiary/aromatic N) is 5. The van der Waals surface area contributed by atoms with Gasteiger partial charge in [-0.2, -0.15) is 0 Å². The zero-order valence-corrected chi connectivity index (χ0v) is 17.5. The lowest BCUT2D eigenvalue weighted by atomic mass is 10.1. The van der Waals surface area contributed by atoms with E-state index >= 15 is 0 Å². The zero-order chi connectivity index (χ0) is 22.5. The van der Waals surface area contributed by atoms with Crippen molar-refractivity contribution in [3.8, 4) is 16.8 Å². The summed E-state index contributed by atoms with van der Waals surface area (Å²) >= 11 is 0. The summed E-state index contributed by atoms with van der Waals surface area (Å²) in [6, 6.07) is 21.0. The molecule has 0 fully saturated rings. The predicted octanol–water partition coefficient (Wildman–Crippen LogP) is 4.72. The summed E-state index contributed by atoms with van der Waals surface area (Å²) in [7, 11) is 0. The van der Waals surface area contributed by atoms with E-state index in [1.54, 1.807) is 37.2 Å². The number of carbonyl (C=O) groups excluding carboxylic acids is 1. The van der Waals surface area contributed by atoms with Gasteiger partial charge in [-0.25, -0.2) is 15.0 Å². The number of hydrogen-bond acceptors (Lipinski definition) is 6. The molecule has 5 rings (SSSR count). The van der Waals surface area contributed by atoms with E-state index in [-0.39, 0.29) is 11.6 Å². The van der Waals surface area contributed by atoms with Gasteiger partial charge in [-0.15, -0.1) is 0 Å². The highest BCUT2D eigenvalue weighted by atomic mass is 16.1. The third-order valence-electron chi connectivity index (χ3n) is 4.97. The second kappa shape index (κ2) is 9.11. The molecule has 0 aliphatic carbocycles. The molecule has 1 amide bonds. The molecule has 33 heavy (non-hydrogen) atoms. The van der Waals surface area contributed by atoms with Gasteiger partial charge in [-0.3, -0.25) is 9.78 Å². The van der Waals surface area contributed by atoms with E-state index in [9.17, 15) is 4.79 Å². The maximum Gasteiger partial charge on any atom is 0.274 e. The van der Waals surface area contributed by atoms with Gasteiger partial charge in [-0.05, 0) is 42.0 Å². The van der Waals surface area contributed by atoms with Crippen molar-refractivity contribution in [3.05, 3.63) is 110 Å². The molecular formula is C25H19N7O. The first-order valence-corrected chi connectivity index (χ1v) is 10.3. The Balaban J connectivity index is 1.32. The van der Waals surface area contributed by atoms with Crippen LogP contribution in [0.5, 0.6) is 0 Å². The Labute approximate surface area is 190 Å². The summed E-state index contributed by atoms with van der Waals surface area (Å²) in [5.41, 5.74) is 4.50. The largest absolute Gasteiger partial charge is 0.324 e. The number of benzene rings is 2. The maximum atomic E-state index is 12.9. The first-order valence-electron chi connectivity index (χ1n) is 10.3. The molecule has 5 aromatic rings. The molecule has 3 aromatic heterocycles. The number of aromatic nitrogens is 5. The quantitative estimate of drug-likeness (QED) is 0.402. The van der Waals surface area contributed by atoms with Crippen LogP contribution >= 0.6 is 0 Å². The minimum absolute atomic E-state index is 0.241. The van der Waals surface area contributed by atoms with Gasteiger partial charge in [0.05, 0.1) is 18.2 Å². The van der Waals surface area contributed by atoms with Gasteiger partial charge in [0, 0.05) is 41.7 Å². The van der Waals surface area contributed by atoms with Crippen molar-refractivity contribution in [2.45, 2.75) is 0 Å². The molecule has 2 N–H and O–H groups in total. The number of carbonyl (C=O) groups is 1. The van der Waals surface area contributed by atoms with E-state index in [0.717, 1.165) is 22.5 Å². The molecule has 0 saturated carbocycles. The Hall–Kier alpha value is -4.85. The maximum absolute atomic E-state index is 12.9. The lowest BCUT2D eigenvalue weighted by molar-refractivity contribution is 0.102. The average Bonchev–Trinajstić information content (AvgIpc) is 3.41. The predicted molar refractivity (Wildman–Crippen MR) is 127 cm³/mol. The van der Waals surface area contributed by atoms with Gasteiger partial charge in [0.2, 0.25) is 5.95 Å². The fourth-order valence-corrected chi connectivity index (χ4v) is 3.35. The summed E-state index contributed by atoms with van der Waals surface area (Å²) in [5, 5.41) is 6.04. The second-order valence-corrected chi connectivity index (χ2v) is 7.15. The first-order chi connectivity index (χ1) is 16.3. The van der Waals surface area contributed by atoms with Crippen LogP contribution in [-0.4, -0.2) is 30.4 Å². The Morgan fingerprint density at radius 2 is 1.70 bits per heavy atom. The van der Waals surface area contributed by atoms with Crippen molar-refractivity contribution < 1.29 is 4.79 Å². The Morgan fingerprint density at radius 1 is 0.848 bits per heavy atom. The lowest BCUT2D eigenvalue weighted by Gasteiger charge is -2.11. The van der Waals surface area contributed by atoms with Gasteiger partial charge >= 0.3 is 0 Å². The first kappa shape index (κ1) is 20.1. The van der Waals surface area contributed by atoms with Crippen LogP contribution in [-0.2, 0) is 0 Å². The summed E-state index contributed by atoms with van der Waals surface area (Å²) in [6.07, 6.45) is 10.2. The number of nitrogens with one attached hydrogen (secondary N) is 2. The third kappa shape index (κ3) is 4.59. The van der Waals surface area contributed by atoms with Gasteiger partial charge in [0.1, 0.15) is 5.69 Å². The van der Waals surface area contributed by atoms with Crippen molar-refractivity contribution >= 4 is 23.2 Å². The van der Waals surface area contributed by atoms with E-state index in [4.69, 9.17) is 0 Å². The van der Waals surface area contributed by atoms with Crippen LogP contribution in [0.25, 0.3) is 16.8 Å². The summed E-state index contributed by atoms with van der Waals surface area (Å²) in [6.45, 7) is 0. The lowest BCUT2D eigenvalue weighted by Crippen LogP contribution is -2.15. The molecule has 160 valence electrons. The summed E-state index contributed by atoms with van der Waals surface area (Å²) < 4.78 is 1.91. The van der Waals surface area contributed by atoms with Crippen LogP contribution in [0.4, 0.5) is 17.3 Å². The van der Waals surface area contributed by atoms with Gasteiger partial charge in [0.25, 0.3) is 5.91 Å². The molecule has 3 heterocycles. The molecular weight excluding hydrogens is 414 g/mol. The van der Waals surface area contributed by atoms with Crippen molar-refractivity contribution in [2.75, 3.05) is 10.6 Å². The van der Waals surface area contributed by atoms with E-state index in [2.05, 4.69) is 30.6 Å². The van der Waals surface area contributed by atoms with Crippen LogP contribution in [0, 0.1) is 0 Å². The molecule has 0 atom stereocenters. The van der Waals surface area contributed by atoms with Crippen LogP contribution in [0.2, 0.25) is 0 Å². The van der Waals surface area contributed by atoms with Crippen LogP contribution in [0.3, 0.4) is 0 Å². The van der Waals surface area contributed by atoms with Crippen molar-refractivity contribution in [2.24, 2.45) is 0 Å². The van der Waals surface area contributed by atoms with Crippen molar-refractivity contribution in [3.63, 3.8) is 0 Å². The van der Waals surface area contributed by atoms with Gasteiger partial charge in [0.15, 0.2) is 0 Å². The monoisotopic (exact) mass is 433 g/mol. The van der Waals surface area contributed by atoms with Crippen LogP contribution < -0.4 is 10.6 Å². The SMILES string of the molecule is O=C(Nc1cnccc1-c1ccccc1)c1ccnc(Nc2ccc(-n3ccnc3)cc2)n1. The highest BCUT2D eigenvalue weighted by Crippen LogP contribution is 2.27. The Morgan fingerprint density at radius 3 is 2.48 bits per heavy atom. The number of amides is 1. The summed E-state index contributed by atoms with van der Waals surface area (Å²) in [4.78, 5) is 29.7. The minimum Gasteiger partial charge on any atom is -0.324 e. The molecule has 0 spiro atoms. The van der Waals surface area contributed by atoms with Gasteiger partial charge < -0.3 is 15.2 Å². The number of hydrogen-bond donors (Lipinski definition) is 2. The Bertz CT molecular complexity index is 1370. The Kier molecular flexibility index (Phi) is 5.54. The third-order valence-corrected chi connectivity index (χ3v) is 4.97. The van der Waals surface area contributed by atoms with Crippen LogP contribution in [0.1, 0.15) is 10.5 Å². The smallest absolute Gasteiger partial charge is 0.274 e. The number of anilines is 3. The van der Waals surface area contributed by atoms with E-state index in [0.29, 0.717) is 11.6 Å². The van der Waals surface area contributed by atoms with Gasteiger partial charge in [-0.1, -0.05) is 30.3 Å². The minimum atomic E-state index is -0.346. The molecule has 0 bridgehead atoms. The zero-order valence-electron chi connectivity index (χ0n) is 17.5. The second-order valence-electron chi connectivity index (χ2n) is 7.15. The molecule has 0 radical (unpaired) electrons. The molecule has 2 aromatic carbocycles. The molecule has 8 nitrogen and oxygen atoms in total. The normalized spacial score (nSPS) is 10.5. The van der Waals surface area contributed by atoms with E-state index in [1.165, 1.54) is 0 Å². The molecule has 8 heteroatoms. The van der Waals surface area contributed by atoms with Crippen LogP contribution in [0.15, 0.2) is 104 Å². The van der Waals surface area contributed by atoms with E-state index in [1.807, 2.05) is 71.4 Å². The van der Waals surface area contributed by atoms with Crippen molar-refractivity contribution in [1.29, 1.82) is 0 Å². The standard InChI is InChI=1S/C25H19N7O/c33-24(30-23-16-26-12-10-21(23)18-4-2-1-3-5-18)22-11-13-28-25(31-22)29-19-6-8-20(9-7-19)32-15-14-27-17-32/h1-17H,(H,30,33)(H,28,29,31). The highest BCUT2D eigenvalue weighted by Gasteiger charge is 2.13. The fourth-order valence-electron chi connectivity index (χ4n) is 3.35. The topological polar surface area (TPSA) is 97.6 Å². The number of imidazole rings is 1. The fraction of sp³-hybridized carbons (Fsp3) is 0. The number of rotatable bonds is 6. The highest BCUT2D eigenvalue weighted by molar-refractivity contribution is 6.05. The average molecular weight is 433 g/mol. The van der Waals surface area contributed by atoms with Crippen molar-refractivity contribution in [1.82, 2.24) is 24.5 Å². The van der Waals surface area contributed by atoms with E-state index < -0.39 is 0 Å².